The van der Waals surface area contributed by atoms with Gasteiger partial charge in [-0.05, 0) is 19.9 Å². The van der Waals surface area contributed by atoms with E-state index < -0.39 is 0 Å². The van der Waals surface area contributed by atoms with Gasteiger partial charge in [-0.2, -0.15) is 0 Å². The minimum absolute atomic E-state index is 1.17. The average molecular weight is 169 g/mol. The molecule has 0 saturated carbocycles. The summed E-state index contributed by atoms with van der Waals surface area (Å²) in [5, 5.41) is 1.17. The molecule has 0 radical (unpaired) electrons. The van der Waals surface area contributed by atoms with Gasteiger partial charge in [0.1, 0.15) is 4.01 Å². The lowest BCUT2D eigenvalue weighted by Crippen LogP contribution is -1.62. The topological polar surface area (TPSA) is 12.9 Å². The zero-order chi connectivity index (χ0) is 7.14. The lowest BCUT2D eigenvalue weighted by molar-refractivity contribution is 1.35. The van der Waals surface area contributed by atoms with E-state index in [-0.39, 0.29) is 0 Å². The van der Waals surface area contributed by atoms with Crippen molar-refractivity contribution in [3.05, 3.63) is 16.0 Å². The van der Waals surface area contributed by atoms with Gasteiger partial charge < -0.3 is 0 Å². The first-order chi connectivity index (χ1) is 4.75. The van der Waals surface area contributed by atoms with Crippen molar-refractivity contribution < 1.29 is 0 Å². The minimum Gasteiger partial charge on any atom is -0.241 e. The molecule has 2 heterocycles. The summed E-state index contributed by atoms with van der Waals surface area (Å²) in [5.74, 6) is 0. The molecule has 0 aliphatic rings. The predicted octanol–water partition coefficient (Wildman–Crippen LogP) is 2.97. The fourth-order valence-corrected chi connectivity index (χ4v) is 3.17. The molecule has 2 aromatic rings. The minimum atomic E-state index is 1.17. The summed E-state index contributed by atoms with van der Waals surface area (Å²) in [6.45, 7) is 4.17. The Morgan fingerprint density at radius 1 is 1.30 bits per heavy atom. The molecule has 0 aromatic carbocycles. The van der Waals surface area contributed by atoms with Crippen molar-refractivity contribution in [3.8, 4) is 0 Å². The zero-order valence-electron chi connectivity index (χ0n) is 5.84. The van der Waals surface area contributed by atoms with Crippen LogP contribution in [0.5, 0.6) is 0 Å². The van der Waals surface area contributed by atoms with Gasteiger partial charge in [0.15, 0.2) is 0 Å². The van der Waals surface area contributed by atoms with Crippen molar-refractivity contribution in [2.24, 2.45) is 0 Å². The van der Waals surface area contributed by atoms with Crippen LogP contribution in [-0.4, -0.2) is 4.98 Å². The van der Waals surface area contributed by atoms with Crippen LogP contribution in [0.15, 0.2) is 6.07 Å². The molecule has 0 aliphatic carbocycles. The summed E-state index contributed by atoms with van der Waals surface area (Å²) in [5.41, 5.74) is 1.17. The quantitative estimate of drug-likeness (QED) is 0.591. The van der Waals surface area contributed by atoms with Crippen molar-refractivity contribution in [1.29, 1.82) is 0 Å². The highest BCUT2D eigenvalue weighted by molar-refractivity contribution is 7.38. The number of aromatic nitrogens is 1. The van der Waals surface area contributed by atoms with E-state index in [4.69, 9.17) is 0 Å². The maximum atomic E-state index is 4.36. The summed E-state index contributed by atoms with van der Waals surface area (Å²) in [6.07, 6.45) is 0. The normalized spacial score (nSPS) is 11.0. The molecule has 0 atom stereocenters. The maximum Gasteiger partial charge on any atom is 0.107 e. The molecule has 0 amide bonds. The Balaban J connectivity index is 2.83. The number of thiophene rings is 1. The smallest absolute Gasteiger partial charge is 0.107 e. The summed E-state index contributed by atoms with van der Waals surface area (Å²) >= 11 is 3.61. The van der Waals surface area contributed by atoms with E-state index in [1.807, 2.05) is 18.3 Å². The lowest BCUT2D eigenvalue weighted by Gasteiger charge is -1.74. The fourth-order valence-electron chi connectivity index (χ4n) is 0.957. The molecule has 10 heavy (non-hydrogen) atoms. The third kappa shape index (κ3) is 0.859. The van der Waals surface area contributed by atoms with Gasteiger partial charge >= 0.3 is 0 Å². The fraction of sp³-hybridized carbons (Fsp3) is 0.286. The standard InChI is InChI=1S/C7H7NS2/c1-4-3-6-7(9-4)10-5(2)8-6/h3H,1-2H3. The molecule has 2 aromatic heterocycles. The Hall–Kier alpha value is -0.410. The van der Waals surface area contributed by atoms with E-state index in [0.29, 0.717) is 0 Å². The molecule has 0 N–H and O–H groups in total. The van der Waals surface area contributed by atoms with Crippen molar-refractivity contribution >= 4 is 32.2 Å². The highest BCUT2D eigenvalue weighted by Gasteiger charge is 2.01. The molecule has 0 saturated heterocycles. The van der Waals surface area contributed by atoms with Crippen molar-refractivity contribution in [2.45, 2.75) is 13.8 Å². The van der Waals surface area contributed by atoms with Gasteiger partial charge in [0.05, 0.1) is 10.5 Å². The van der Waals surface area contributed by atoms with Gasteiger partial charge in [-0.3, -0.25) is 0 Å². The maximum absolute atomic E-state index is 4.36. The first kappa shape index (κ1) is 6.31. The number of hydrogen-bond donors (Lipinski definition) is 0. The third-order valence-corrected chi connectivity index (χ3v) is 3.44. The van der Waals surface area contributed by atoms with E-state index in [9.17, 15) is 0 Å². The predicted molar refractivity (Wildman–Crippen MR) is 47.0 cm³/mol. The average Bonchev–Trinajstić information content (AvgIpc) is 2.21. The Bertz CT molecular complexity index is 295. The van der Waals surface area contributed by atoms with Crippen LogP contribution in [0, 0.1) is 13.8 Å². The second-order valence-electron chi connectivity index (χ2n) is 2.26. The molecule has 0 aliphatic heterocycles. The number of rotatable bonds is 0. The molecular formula is C7H7NS2. The number of fused-ring (bicyclic) bond motifs is 1. The second kappa shape index (κ2) is 2.04. The Labute approximate surface area is 67.3 Å². The van der Waals surface area contributed by atoms with Crippen LogP contribution < -0.4 is 0 Å². The lowest BCUT2D eigenvalue weighted by atomic mass is 10.5. The molecule has 0 spiro atoms. The molecule has 0 bridgehead atoms. The summed E-state index contributed by atoms with van der Waals surface area (Å²) in [7, 11) is 0. The molecule has 0 unspecified atom stereocenters. The molecule has 3 heteroatoms. The van der Waals surface area contributed by atoms with Crippen molar-refractivity contribution in [1.82, 2.24) is 4.98 Å². The molecule has 0 fully saturated rings. The summed E-state index contributed by atoms with van der Waals surface area (Å²) < 4.78 is 1.36. The van der Waals surface area contributed by atoms with Crippen LogP contribution in [-0.2, 0) is 0 Å². The third-order valence-electron chi connectivity index (χ3n) is 1.32. The van der Waals surface area contributed by atoms with Gasteiger partial charge in [0, 0.05) is 4.88 Å². The van der Waals surface area contributed by atoms with Crippen LogP contribution in [0.4, 0.5) is 0 Å². The Morgan fingerprint density at radius 3 is 2.80 bits per heavy atom. The van der Waals surface area contributed by atoms with Crippen molar-refractivity contribution in [2.75, 3.05) is 0 Å². The zero-order valence-corrected chi connectivity index (χ0v) is 7.47. The number of aryl methyl sites for hydroxylation is 2. The number of nitrogens with zero attached hydrogens (tertiary/aromatic N) is 1. The highest BCUT2D eigenvalue weighted by atomic mass is 32.2. The largest absolute Gasteiger partial charge is 0.241 e. The van der Waals surface area contributed by atoms with Crippen LogP contribution >= 0.6 is 22.7 Å². The van der Waals surface area contributed by atoms with Gasteiger partial charge in [-0.25, -0.2) is 4.98 Å². The SMILES string of the molecule is Cc1cc2nc(C)sc2s1. The molecule has 1 nitrogen and oxygen atoms in total. The van der Waals surface area contributed by atoms with E-state index >= 15 is 0 Å². The van der Waals surface area contributed by atoms with Crippen LogP contribution in [0.2, 0.25) is 0 Å². The monoisotopic (exact) mass is 169 g/mol. The van der Waals surface area contributed by atoms with Gasteiger partial charge in [0.2, 0.25) is 0 Å². The van der Waals surface area contributed by atoms with Crippen LogP contribution in [0.3, 0.4) is 0 Å². The number of hydrogen-bond acceptors (Lipinski definition) is 3. The Kier molecular flexibility index (Phi) is 1.28. The number of thiazole rings is 1. The van der Waals surface area contributed by atoms with E-state index in [2.05, 4.69) is 18.0 Å². The van der Waals surface area contributed by atoms with E-state index in [0.717, 1.165) is 0 Å². The summed E-state index contributed by atoms with van der Waals surface area (Å²) in [6, 6.07) is 2.14. The van der Waals surface area contributed by atoms with E-state index in [1.165, 1.54) is 19.4 Å². The second-order valence-corrected chi connectivity index (χ2v) is 4.98. The van der Waals surface area contributed by atoms with Crippen molar-refractivity contribution in [3.63, 3.8) is 0 Å². The molecule has 52 valence electrons. The first-order valence-corrected chi connectivity index (χ1v) is 4.72. The van der Waals surface area contributed by atoms with E-state index in [1.54, 1.807) is 11.3 Å². The summed E-state index contributed by atoms with van der Waals surface area (Å²) in [4.78, 5) is 5.72. The Morgan fingerprint density at radius 2 is 2.10 bits per heavy atom. The van der Waals surface area contributed by atoms with Gasteiger partial charge in [-0.1, -0.05) is 0 Å². The van der Waals surface area contributed by atoms with Crippen LogP contribution in [0.25, 0.3) is 9.53 Å². The van der Waals surface area contributed by atoms with Gasteiger partial charge in [0.25, 0.3) is 0 Å². The first-order valence-electron chi connectivity index (χ1n) is 3.09. The van der Waals surface area contributed by atoms with Crippen LogP contribution in [0.1, 0.15) is 9.88 Å². The molecule has 2 rings (SSSR count). The molecular weight excluding hydrogens is 162 g/mol. The highest BCUT2D eigenvalue weighted by Crippen LogP contribution is 2.29. The van der Waals surface area contributed by atoms with Gasteiger partial charge in [-0.15, -0.1) is 22.7 Å².